The Kier molecular flexibility index (Phi) is 4.40. The molecule has 2 aromatic heterocycles. The van der Waals surface area contributed by atoms with Gasteiger partial charge in [0, 0.05) is 5.41 Å². The fraction of sp³-hybridized carbons (Fsp3) is 0.438. The lowest BCUT2D eigenvalue weighted by Gasteiger charge is -2.10. The van der Waals surface area contributed by atoms with Gasteiger partial charge in [-0.25, -0.2) is 0 Å². The van der Waals surface area contributed by atoms with Crippen LogP contribution in [0.4, 0.5) is 0 Å². The molecule has 1 aromatic carbocycles. The first-order valence-corrected chi connectivity index (χ1v) is 8.65. The molecule has 24 heavy (non-hydrogen) atoms. The molecule has 0 atom stereocenters. The van der Waals surface area contributed by atoms with Crippen molar-refractivity contribution in [2.24, 2.45) is 0 Å². The second-order valence-electron chi connectivity index (χ2n) is 6.70. The second kappa shape index (κ2) is 6.35. The van der Waals surface area contributed by atoms with E-state index in [1.165, 1.54) is 22.9 Å². The maximum atomic E-state index is 5.31. The predicted molar refractivity (Wildman–Crippen MR) is 91.2 cm³/mol. The summed E-state index contributed by atoms with van der Waals surface area (Å²) in [6, 6.07) is 6.15. The molecule has 2 heterocycles. The minimum Gasteiger partial charge on any atom is -0.339 e. The summed E-state index contributed by atoms with van der Waals surface area (Å²) in [6.07, 6.45) is 0. The summed E-state index contributed by atoms with van der Waals surface area (Å²) >= 11 is 1.48. The zero-order valence-corrected chi connectivity index (χ0v) is 15.3. The van der Waals surface area contributed by atoms with Crippen molar-refractivity contribution in [3.05, 3.63) is 41.0 Å². The highest BCUT2D eigenvalue weighted by Gasteiger charge is 2.22. The van der Waals surface area contributed by atoms with Crippen LogP contribution in [0.15, 0.2) is 27.9 Å². The number of aromatic nitrogens is 6. The van der Waals surface area contributed by atoms with E-state index in [1.807, 2.05) is 26.8 Å². The molecule has 0 saturated carbocycles. The fourth-order valence-corrected chi connectivity index (χ4v) is 2.77. The Labute approximate surface area is 144 Å². The van der Waals surface area contributed by atoms with Crippen LogP contribution < -0.4 is 0 Å². The van der Waals surface area contributed by atoms with E-state index < -0.39 is 0 Å². The molecule has 0 spiro atoms. The first kappa shape index (κ1) is 16.6. The number of aryl methyl sites for hydroxylation is 2. The maximum Gasteiger partial charge on any atom is 0.232 e. The van der Waals surface area contributed by atoms with Crippen molar-refractivity contribution in [1.82, 2.24) is 30.3 Å². The first-order chi connectivity index (χ1) is 11.3. The molecule has 126 valence electrons. The van der Waals surface area contributed by atoms with Crippen molar-refractivity contribution in [3.8, 4) is 5.69 Å². The number of hydrogen-bond acceptors (Lipinski definition) is 7. The number of rotatable bonds is 4. The topological polar surface area (TPSA) is 82.5 Å². The van der Waals surface area contributed by atoms with E-state index >= 15 is 0 Å². The van der Waals surface area contributed by atoms with Crippen LogP contribution in [0.25, 0.3) is 5.69 Å². The minimum absolute atomic E-state index is 0.156. The van der Waals surface area contributed by atoms with Gasteiger partial charge in [0.15, 0.2) is 5.82 Å². The maximum absolute atomic E-state index is 5.31. The molecule has 0 unspecified atom stereocenters. The first-order valence-electron chi connectivity index (χ1n) is 7.66. The Balaban J connectivity index is 1.76. The molecule has 0 N–H and O–H groups in total. The van der Waals surface area contributed by atoms with Gasteiger partial charge in [-0.3, -0.25) is 0 Å². The van der Waals surface area contributed by atoms with Crippen molar-refractivity contribution in [1.29, 1.82) is 0 Å². The van der Waals surface area contributed by atoms with Crippen LogP contribution in [0.3, 0.4) is 0 Å². The molecule has 0 bridgehead atoms. The molecule has 0 aliphatic heterocycles. The average Bonchev–Trinajstić information content (AvgIpc) is 3.16. The molecule has 0 fully saturated rings. The third-order valence-corrected chi connectivity index (χ3v) is 4.53. The van der Waals surface area contributed by atoms with Crippen molar-refractivity contribution in [2.75, 3.05) is 0 Å². The highest BCUT2D eigenvalue weighted by molar-refractivity contribution is 7.98. The van der Waals surface area contributed by atoms with Gasteiger partial charge in [0.25, 0.3) is 0 Å². The Morgan fingerprint density at radius 2 is 1.96 bits per heavy atom. The number of nitrogens with zero attached hydrogens (tertiary/aromatic N) is 6. The lowest BCUT2D eigenvalue weighted by molar-refractivity contribution is 0.319. The molecule has 7 nitrogen and oxygen atoms in total. The van der Waals surface area contributed by atoms with E-state index in [0.29, 0.717) is 22.6 Å². The molecule has 3 aromatic rings. The minimum atomic E-state index is -0.156. The molecule has 0 aliphatic rings. The van der Waals surface area contributed by atoms with E-state index in [-0.39, 0.29) is 5.41 Å². The van der Waals surface area contributed by atoms with E-state index in [4.69, 9.17) is 4.52 Å². The number of benzene rings is 1. The predicted octanol–water partition coefficient (Wildman–Crippen LogP) is 3.25. The van der Waals surface area contributed by atoms with Crippen molar-refractivity contribution >= 4 is 11.8 Å². The monoisotopic (exact) mass is 344 g/mol. The fourth-order valence-electron chi connectivity index (χ4n) is 2.03. The lowest BCUT2D eigenvalue weighted by atomic mass is 9.97. The Bertz CT molecular complexity index is 848. The van der Waals surface area contributed by atoms with Crippen LogP contribution in [0.2, 0.25) is 0 Å². The second-order valence-corrected chi connectivity index (χ2v) is 7.64. The third kappa shape index (κ3) is 3.48. The molecule has 0 radical (unpaired) electrons. The highest BCUT2D eigenvalue weighted by Crippen LogP contribution is 2.24. The van der Waals surface area contributed by atoms with Gasteiger partial charge in [0.05, 0.1) is 11.4 Å². The van der Waals surface area contributed by atoms with Crippen molar-refractivity contribution < 1.29 is 4.52 Å². The van der Waals surface area contributed by atoms with E-state index in [9.17, 15) is 0 Å². The van der Waals surface area contributed by atoms with Gasteiger partial charge in [-0.2, -0.15) is 9.67 Å². The summed E-state index contributed by atoms with van der Waals surface area (Å²) in [6.45, 7) is 10.3. The Hall–Kier alpha value is -2.22. The van der Waals surface area contributed by atoms with E-state index in [2.05, 4.69) is 51.6 Å². The van der Waals surface area contributed by atoms with Gasteiger partial charge in [-0.05, 0) is 47.5 Å². The van der Waals surface area contributed by atoms with Gasteiger partial charge < -0.3 is 4.52 Å². The van der Waals surface area contributed by atoms with Crippen molar-refractivity contribution in [2.45, 2.75) is 50.9 Å². The largest absolute Gasteiger partial charge is 0.339 e. The summed E-state index contributed by atoms with van der Waals surface area (Å²) in [4.78, 5) is 4.43. The van der Waals surface area contributed by atoms with E-state index in [0.717, 1.165) is 5.69 Å². The summed E-state index contributed by atoms with van der Waals surface area (Å²) < 4.78 is 7.03. The van der Waals surface area contributed by atoms with Crippen molar-refractivity contribution in [3.63, 3.8) is 0 Å². The molecular formula is C16H20N6OS. The van der Waals surface area contributed by atoms with E-state index in [1.54, 1.807) is 4.68 Å². The van der Waals surface area contributed by atoms with Crippen LogP contribution in [0, 0.1) is 13.8 Å². The van der Waals surface area contributed by atoms with Crippen LogP contribution in [0.1, 0.15) is 43.6 Å². The summed E-state index contributed by atoms with van der Waals surface area (Å²) in [5.74, 6) is 1.82. The number of hydrogen-bond donors (Lipinski definition) is 0. The quantitative estimate of drug-likeness (QED) is 0.672. The SMILES string of the molecule is Cc1ccc(-n2nnnc2SCc2noc(C(C)(C)C)n2)cc1C. The smallest absolute Gasteiger partial charge is 0.232 e. The average molecular weight is 344 g/mol. The summed E-state index contributed by atoms with van der Waals surface area (Å²) in [7, 11) is 0. The Morgan fingerprint density at radius 3 is 2.62 bits per heavy atom. The number of tetrazole rings is 1. The zero-order valence-electron chi connectivity index (χ0n) is 14.4. The molecule has 8 heteroatoms. The standard InChI is InChI=1S/C16H20N6OS/c1-10-6-7-12(8-11(10)2)22-15(18-20-21-22)24-9-13-17-14(23-19-13)16(3,4)5/h6-8H,9H2,1-5H3. The molecule has 3 rings (SSSR count). The van der Waals surface area contributed by atoms with Crippen LogP contribution in [-0.4, -0.2) is 30.3 Å². The zero-order chi connectivity index (χ0) is 17.3. The lowest BCUT2D eigenvalue weighted by Crippen LogP contribution is -2.11. The number of thioether (sulfide) groups is 1. The van der Waals surface area contributed by atoms with Crippen LogP contribution in [-0.2, 0) is 11.2 Å². The van der Waals surface area contributed by atoms with Gasteiger partial charge in [-0.15, -0.1) is 5.10 Å². The Morgan fingerprint density at radius 1 is 1.17 bits per heavy atom. The summed E-state index contributed by atoms with van der Waals surface area (Å²) in [5.41, 5.74) is 3.22. The normalized spacial score (nSPS) is 11.9. The molecule has 0 aliphatic carbocycles. The summed E-state index contributed by atoms with van der Waals surface area (Å²) in [5, 5.41) is 16.7. The van der Waals surface area contributed by atoms with Gasteiger partial charge in [0.1, 0.15) is 0 Å². The molecular weight excluding hydrogens is 324 g/mol. The third-order valence-electron chi connectivity index (χ3n) is 3.62. The molecule has 0 saturated heterocycles. The highest BCUT2D eigenvalue weighted by atomic mass is 32.2. The van der Waals surface area contributed by atoms with Gasteiger partial charge >= 0.3 is 0 Å². The van der Waals surface area contributed by atoms with Crippen LogP contribution in [0.5, 0.6) is 0 Å². The van der Waals surface area contributed by atoms with Gasteiger partial charge in [0.2, 0.25) is 11.0 Å². The van der Waals surface area contributed by atoms with Gasteiger partial charge in [-0.1, -0.05) is 43.8 Å². The molecule has 0 amide bonds. The van der Waals surface area contributed by atoms with Crippen LogP contribution >= 0.6 is 11.8 Å².